The number of carbonyl (C=O) groups is 1. The number of nitrogens with one attached hydrogen (secondary N) is 1. The lowest BCUT2D eigenvalue weighted by atomic mass is 10.1. The number of fused-ring (bicyclic) bond motifs is 2. The third-order valence-corrected chi connectivity index (χ3v) is 4.59. The molecule has 0 fully saturated rings. The minimum Gasteiger partial charge on any atom is -0.322 e. The average molecular weight is 354 g/mol. The lowest BCUT2D eigenvalue weighted by molar-refractivity contribution is -0.111. The highest BCUT2D eigenvalue weighted by molar-refractivity contribution is 6.03. The van der Waals surface area contributed by atoms with E-state index in [1.807, 2.05) is 66.7 Å². The van der Waals surface area contributed by atoms with Crippen molar-refractivity contribution < 1.29 is 4.79 Å². The van der Waals surface area contributed by atoms with Crippen LogP contribution in [0, 0.1) is 0 Å². The molecule has 0 radical (unpaired) electrons. The van der Waals surface area contributed by atoms with Gasteiger partial charge in [-0.15, -0.1) is 0 Å². The number of hydrogen-bond acceptors (Lipinski definition) is 2. The normalized spacial score (nSPS) is 11.3. The summed E-state index contributed by atoms with van der Waals surface area (Å²) < 4.78 is 1.59. The summed E-state index contributed by atoms with van der Waals surface area (Å²) in [6.45, 7) is 0. The smallest absolute Gasteiger partial charge is 0.258 e. The lowest BCUT2D eigenvalue weighted by Gasteiger charge is -2.06. The molecular formula is C23H18N2O2. The zero-order valence-electron chi connectivity index (χ0n) is 14.8. The topological polar surface area (TPSA) is 51.1 Å². The maximum absolute atomic E-state index is 12.5. The molecule has 0 unspecified atom stereocenters. The predicted octanol–water partition coefficient (Wildman–Crippen LogP) is 4.34. The second-order valence-electron chi connectivity index (χ2n) is 6.41. The predicted molar refractivity (Wildman–Crippen MR) is 111 cm³/mol. The van der Waals surface area contributed by atoms with Crippen molar-refractivity contribution in [2.75, 3.05) is 5.32 Å². The van der Waals surface area contributed by atoms with Crippen molar-refractivity contribution in [3.63, 3.8) is 0 Å². The van der Waals surface area contributed by atoms with E-state index in [0.717, 1.165) is 27.4 Å². The largest absolute Gasteiger partial charge is 0.322 e. The summed E-state index contributed by atoms with van der Waals surface area (Å²) >= 11 is 0. The fourth-order valence-corrected chi connectivity index (χ4v) is 3.18. The van der Waals surface area contributed by atoms with E-state index in [-0.39, 0.29) is 11.5 Å². The average Bonchev–Trinajstić information content (AvgIpc) is 2.69. The third kappa shape index (κ3) is 3.37. The molecule has 1 heterocycles. The first-order valence-electron chi connectivity index (χ1n) is 8.68. The number of nitrogens with zero attached hydrogens (tertiary/aromatic N) is 1. The van der Waals surface area contributed by atoms with Crippen LogP contribution in [-0.4, -0.2) is 10.5 Å². The van der Waals surface area contributed by atoms with Crippen LogP contribution in [0.4, 0.5) is 5.69 Å². The van der Waals surface area contributed by atoms with Crippen molar-refractivity contribution in [1.82, 2.24) is 4.57 Å². The van der Waals surface area contributed by atoms with Gasteiger partial charge in [0.2, 0.25) is 5.91 Å². The number of benzene rings is 3. The number of hydrogen-bond donors (Lipinski definition) is 1. The maximum atomic E-state index is 12.5. The minimum atomic E-state index is -0.277. The molecule has 1 aromatic heterocycles. The molecule has 0 aliphatic rings. The molecule has 4 aromatic rings. The molecule has 27 heavy (non-hydrogen) atoms. The summed E-state index contributed by atoms with van der Waals surface area (Å²) in [5.74, 6) is -0.277. The lowest BCUT2D eigenvalue weighted by Crippen LogP contribution is -2.19. The fourth-order valence-electron chi connectivity index (χ4n) is 3.18. The number of pyridine rings is 1. The molecule has 0 aliphatic heterocycles. The van der Waals surface area contributed by atoms with Crippen molar-refractivity contribution in [3.8, 4) is 0 Å². The number of carbonyl (C=O) groups excluding carboxylic acids is 1. The van der Waals surface area contributed by atoms with Crippen LogP contribution in [0.5, 0.6) is 0 Å². The highest BCUT2D eigenvalue weighted by Crippen LogP contribution is 2.19. The van der Waals surface area contributed by atoms with Crippen molar-refractivity contribution in [2.24, 2.45) is 7.05 Å². The summed E-state index contributed by atoms with van der Waals surface area (Å²) in [6.07, 6.45) is 2.95. The van der Waals surface area contributed by atoms with Gasteiger partial charge in [0, 0.05) is 24.4 Å². The standard InChI is InChI=1S/C23H18N2O2/c1-25-21-9-5-4-8-18(21)14-19(23(25)27)11-13-22(26)24-20-12-10-16-6-2-3-7-17(16)15-20/h2-15H,1H3,(H,24,26)/b13-11+. The van der Waals surface area contributed by atoms with Crippen LogP contribution in [0.1, 0.15) is 5.56 Å². The van der Waals surface area contributed by atoms with Crippen LogP contribution in [0.3, 0.4) is 0 Å². The summed E-state index contributed by atoms with van der Waals surface area (Å²) in [6, 6.07) is 23.2. The minimum absolute atomic E-state index is 0.136. The Labute approximate surface area is 156 Å². The quantitative estimate of drug-likeness (QED) is 0.556. The monoisotopic (exact) mass is 354 g/mol. The molecule has 0 spiro atoms. The molecule has 4 rings (SSSR count). The number of aryl methyl sites for hydroxylation is 1. The molecule has 3 aromatic carbocycles. The van der Waals surface area contributed by atoms with E-state index in [2.05, 4.69) is 5.32 Å². The van der Waals surface area contributed by atoms with Gasteiger partial charge in [0.05, 0.1) is 5.52 Å². The molecule has 1 N–H and O–H groups in total. The number of rotatable bonds is 3. The van der Waals surface area contributed by atoms with Crippen LogP contribution in [0.2, 0.25) is 0 Å². The van der Waals surface area contributed by atoms with Gasteiger partial charge < -0.3 is 9.88 Å². The molecule has 0 atom stereocenters. The van der Waals surface area contributed by atoms with E-state index in [1.165, 1.54) is 6.08 Å². The Balaban J connectivity index is 1.58. The molecule has 1 amide bonds. The van der Waals surface area contributed by atoms with Gasteiger partial charge in [-0.1, -0.05) is 48.5 Å². The van der Waals surface area contributed by atoms with Gasteiger partial charge in [0.15, 0.2) is 0 Å². The summed E-state index contributed by atoms with van der Waals surface area (Å²) in [4.78, 5) is 24.8. The van der Waals surface area contributed by atoms with Crippen LogP contribution in [0.15, 0.2) is 83.7 Å². The Morgan fingerprint density at radius 3 is 2.41 bits per heavy atom. The first-order valence-corrected chi connectivity index (χ1v) is 8.68. The van der Waals surface area contributed by atoms with E-state index < -0.39 is 0 Å². The zero-order valence-corrected chi connectivity index (χ0v) is 14.8. The van der Waals surface area contributed by atoms with Crippen LogP contribution in [0.25, 0.3) is 27.8 Å². The molecule has 4 heteroatoms. The number of anilines is 1. The SMILES string of the molecule is Cn1c(=O)c(/C=C/C(=O)Nc2ccc3ccccc3c2)cc2ccccc21. The Morgan fingerprint density at radius 2 is 1.59 bits per heavy atom. The maximum Gasteiger partial charge on any atom is 0.258 e. The van der Waals surface area contributed by atoms with E-state index in [9.17, 15) is 9.59 Å². The summed E-state index contributed by atoms with van der Waals surface area (Å²) in [5, 5.41) is 5.97. The number of aromatic nitrogens is 1. The second-order valence-corrected chi connectivity index (χ2v) is 6.41. The van der Waals surface area contributed by atoms with E-state index in [0.29, 0.717) is 5.56 Å². The molecule has 0 aliphatic carbocycles. The summed E-state index contributed by atoms with van der Waals surface area (Å²) in [5.41, 5.74) is 1.92. The van der Waals surface area contributed by atoms with Gasteiger partial charge in [-0.05, 0) is 46.5 Å². The molecule has 4 nitrogen and oxygen atoms in total. The van der Waals surface area contributed by atoms with Gasteiger partial charge in [-0.3, -0.25) is 9.59 Å². The molecule has 0 saturated heterocycles. The third-order valence-electron chi connectivity index (χ3n) is 4.59. The first-order chi connectivity index (χ1) is 13.1. The summed E-state index contributed by atoms with van der Waals surface area (Å²) in [7, 11) is 1.73. The molecule has 132 valence electrons. The fraction of sp³-hybridized carbons (Fsp3) is 0.0435. The molecular weight excluding hydrogens is 336 g/mol. The van der Waals surface area contributed by atoms with Crippen LogP contribution >= 0.6 is 0 Å². The van der Waals surface area contributed by atoms with Crippen molar-refractivity contribution in [2.45, 2.75) is 0 Å². The number of para-hydroxylation sites is 1. The Kier molecular flexibility index (Phi) is 4.30. The molecule has 0 bridgehead atoms. The highest BCUT2D eigenvalue weighted by atomic mass is 16.1. The van der Waals surface area contributed by atoms with Crippen molar-refractivity contribution >= 4 is 39.3 Å². The highest BCUT2D eigenvalue weighted by Gasteiger charge is 2.05. The van der Waals surface area contributed by atoms with E-state index in [4.69, 9.17) is 0 Å². The Bertz CT molecular complexity index is 1250. The van der Waals surface area contributed by atoms with Gasteiger partial charge >= 0.3 is 0 Å². The van der Waals surface area contributed by atoms with E-state index in [1.54, 1.807) is 23.8 Å². The molecule has 0 saturated carbocycles. The Hall–Kier alpha value is -3.66. The van der Waals surface area contributed by atoms with Gasteiger partial charge in [0.1, 0.15) is 0 Å². The van der Waals surface area contributed by atoms with Crippen molar-refractivity contribution in [3.05, 3.63) is 94.8 Å². The Morgan fingerprint density at radius 1 is 0.889 bits per heavy atom. The van der Waals surface area contributed by atoms with Gasteiger partial charge in [-0.25, -0.2) is 0 Å². The van der Waals surface area contributed by atoms with Crippen molar-refractivity contribution in [1.29, 1.82) is 0 Å². The first kappa shape index (κ1) is 16.8. The van der Waals surface area contributed by atoms with Gasteiger partial charge in [0.25, 0.3) is 5.56 Å². The van der Waals surface area contributed by atoms with Crippen LogP contribution in [-0.2, 0) is 11.8 Å². The van der Waals surface area contributed by atoms with Gasteiger partial charge in [-0.2, -0.15) is 0 Å². The van der Waals surface area contributed by atoms with E-state index >= 15 is 0 Å². The second kappa shape index (κ2) is 6.92. The number of amides is 1. The zero-order chi connectivity index (χ0) is 18.8. The van der Waals surface area contributed by atoms with Crippen LogP contribution < -0.4 is 10.9 Å².